The fourth-order valence-corrected chi connectivity index (χ4v) is 3.08. The maximum Gasteiger partial charge on any atom is 0.227 e. The van der Waals surface area contributed by atoms with Crippen molar-refractivity contribution in [3.8, 4) is 5.75 Å². The van der Waals surface area contributed by atoms with Crippen molar-refractivity contribution >= 4 is 5.91 Å². The molecule has 1 fully saturated rings. The number of piperidine rings is 1. The molecule has 1 aromatic carbocycles. The zero-order valence-corrected chi connectivity index (χ0v) is 14.9. The Morgan fingerprint density at radius 3 is 2.76 bits per heavy atom. The number of rotatable bonds is 4. The largest absolute Gasteiger partial charge is 0.486 e. The molecule has 25 heavy (non-hydrogen) atoms. The first-order valence-corrected chi connectivity index (χ1v) is 8.50. The van der Waals surface area contributed by atoms with Gasteiger partial charge in [-0.15, -0.1) is 0 Å². The number of likely N-dealkylation sites (tertiary alicyclic amines) is 1. The number of aromatic nitrogens is 1. The van der Waals surface area contributed by atoms with E-state index in [0.29, 0.717) is 31.0 Å². The van der Waals surface area contributed by atoms with Gasteiger partial charge >= 0.3 is 0 Å². The van der Waals surface area contributed by atoms with E-state index in [1.54, 1.807) is 11.8 Å². The maximum atomic E-state index is 12.7. The standard InChI is InChI=1S/C19H24N2O4/c1-13-16(14(2)25-20-13)11-18(22)21-10-9-19(3,23)17(12-21)24-15-7-5-4-6-8-15/h4-8,17,23H,9-12H2,1-3H3/t17-,19-/m1/s1. The molecule has 2 atom stereocenters. The molecule has 1 aromatic heterocycles. The van der Waals surface area contributed by atoms with Gasteiger partial charge in [0, 0.05) is 12.1 Å². The molecule has 1 aliphatic rings. The number of benzene rings is 1. The van der Waals surface area contributed by atoms with Crippen LogP contribution in [0.1, 0.15) is 30.4 Å². The zero-order valence-electron chi connectivity index (χ0n) is 14.9. The molecular weight excluding hydrogens is 320 g/mol. The smallest absolute Gasteiger partial charge is 0.227 e. The molecule has 134 valence electrons. The summed E-state index contributed by atoms with van der Waals surface area (Å²) in [6.07, 6.45) is 0.247. The number of aryl methyl sites for hydroxylation is 2. The minimum absolute atomic E-state index is 0.00781. The Morgan fingerprint density at radius 1 is 1.40 bits per heavy atom. The van der Waals surface area contributed by atoms with Crippen LogP contribution < -0.4 is 4.74 Å². The van der Waals surface area contributed by atoms with E-state index in [2.05, 4.69) is 5.16 Å². The summed E-state index contributed by atoms with van der Waals surface area (Å²) in [4.78, 5) is 14.4. The highest BCUT2D eigenvalue weighted by atomic mass is 16.5. The predicted molar refractivity (Wildman–Crippen MR) is 92.4 cm³/mol. The molecule has 0 spiro atoms. The summed E-state index contributed by atoms with van der Waals surface area (Å²) in [5, 5.41) is 14.5. The van der Waals surface area contributed by atoms with Crippen LogP contribution in [-0.4, -0.2) is 45.9 Å². The number of nitrogens with zero attached hydrogens (tertiary/aromatic N) is 2. The summed E-state index contributed by atoms with van der Waals surface area (Å²) in [5.41, 5.74) is 0.602. The Morgan fingerprint density at radius 2 is 2.12 bits per heavy atom. The molecule has 2 aromatic rings. The van der Waals surface area contributed by atoms with Crippen LogP contribution in [0.5, 0.6) is 5.75 Å². The molecule has 6 heteroatoms. The van der Waals surface area contributed by atoms with Gasteiger partial charge in [0.2, 0.25) is 5.91 Å². The normalized spacial score (nSPS) is 23.5. The van der Waals surface area contributed by atoms with Gasteiger partial charge in [-0.2, -0.15) is 0 Å². The van der Waals surface area contributed by atoms with Gasteiger partial charge in [-0.3, -0.25) is 4.79 Å². The first-order chi connectivity index (χ1) is 11.9. The van der Waals surface area contributed by atoms with E-state index in [9.17, 15) is 9.90 Å². The van der Waals surface area contributed by atoms with Crippen molar-refractivity contribution in [2.75, 3.05) is 13.1 Å². The monoisotopic (exact) mass is 344 g/mol. The van der Waals surface area contributed by atoms with Crippen molar-refractivity contribution in [2.24, 2.45) is 0 Å². The third-order valence-corrected chi connectivity index (χ3v) is 4.85. The van der Waals surface area contributed by atoms with Crippen LogP contribution in [-0.2, 0) is 11.2 Å². The van der Waals surface area contributed by atoms with Gasteiger partial charge in [0.05, 0.1) is 18.7 Å². The maximum absolute atomic E-state index is 12.7. The third-order valence-electron chi connectivity index (χ3n) is 4.85. The summed E-state index contributed by atoms with van der Waals surface area (Å²) >= 11 is 0. The second-order valence-electron chi connectivity index (χ2n) is 6.85. The van der Waals surface area contributed by atoms with Crippen molar-refractivity contribution in [3.63, 3.8) is 0 Å². The SMILES string of the molecule is Cc1noc(C)c1CC(=O)N1CC[C@@](C)(O)[C@H](Oc2ccccc2)C1. The predicted octanol–water partition coefficient (Wildman–Crippen LogP) is 2.26. The van der Waals surface area contributed by atoms with E-state index < -0.39 is 11.7 Å². The van der Waals surface area contributed by atoms with Crippen LogP contribution >= 0.6 is 0 Å². The second kappa shape index (κ2) is 6.88. The zero-order chi connectivity index (χ0) is 18.0. The fourth-order valence-electron chi connectivity index (χ4n) is 3.08. The Hall–Kier alpha value is -2.34. The summed E-state index contributed by atoms with van der Waals surface area (Å²) in [5.74, 6) is 1.35. The minimum Gasteiger partial charge on any atom is -0.486 e. The number of hydrogen-bond donors (Lipinski definition) is 1. The molecule has 0 bridgehead atoms. The lowest BCUT2D eigenvalue weighted by Gasteiger charge is -2.42. The Bertz CT molecular complexity index is 720. The van der Waals surface area contributed by atoms with Crippen LogP contribution in [0.4, 0.5) is 0 Å². The lowest BCUT2D eigenvalue weighted by Crippen LogP contribution is -2.57. The molecule has 2 heterocycles. The number of hydrogen-bond acceptors (Lipinski definition) is 5. The van der Waals surface area contributed by atoms with Gasteiger partial charge in [-0.1, -0.05) is 23.4 Å². The van der Waals surface area contributed by atoms with Crippen LogP contribution in [0.15, 0.2) is 34.9 Å². The number of para-hydroxylation sites is 1. The number of aliphatic hydroxyl groups is 1. The number of carbonyl (C=O) groups excluding carboxylic acids is 1. The first kappa shape index (κ1) is 17.5. The van der Waals surface area contributed by atoms with Gasteiger partial charge in [0.25, 0.3) is 0 Å². The van der Waals surface area contributed by atoms with Gasteiger partial charge in [-0.25, -0.2) is 0 Å². The average molecular weight is 344 g/mol. The number of amides is 1. The van der Waals surface area contributed by atoms with Gasteiger partial charge in [-0.05, 0) is 39.3 Å². The van der Waals surface area contributed by atoms with Crippen LogP contribution in [0.25, 0.3) is 0 Å². The van der Waals surface area contributed by atoms with Crippen LogP contribution in [0, 0.1) is 13.8 Å². The van der Waals surface area contributed by atoms with Gasteiger partial charge in [0.1, 0.15) is 23.2 Å². The molecule has 1 saturated heterocycles. The number of ether oxygens (including phenoxy) is 1. The molecule has 3 rings (SSSR count). The molecule has 0 saturated carbocycles. The van der Waals surface area contributed by atoms with Crippen molar-refractivity contribution < 1.29 is 19.2 Å². The molecule has 1 N–H and O–H groups in total. The Balaban J connectivity index is 1.70. The lowest BCUT2D eigenvalue weighted by molar-refractivity contribution is -0.142. The molecule has 6 nitrogen and oxygen atoms in total. The highest BCUT2D eigenvalue weighted by molar-refractivity contribution is 5.79. The third kappa shape index (κ3) is 3.85. The number of carbonyl (C=O) groups is 1. The molecular formula is C19H24N2O4. The summed E-state index contributed by atoms with van der Waals surface area (Å²) in [6, 6.07) is 9.37. The quantitative estimate of drug-likeness (QED) is 0.921. The molecule has 1 amide bonds. The van der Waals surface area contributed by atoms with E-state index in [1.807, 2.05) is 44.2 Å². The van der Waals surface area contributed by atoms with Crippen LogP contribution in [0.3, 0.4) is 0 Å². The molecule has 0 unspecified atom stereocenters. The minimum atomic E-state index is -0.977. The summed E-state index contributed by atoms with van der Waals surface area (Å²) in [7, 11) is 0. The Kier molecular flexibility index (Phi) is 4.81. The molecule has 0 aliphatic carbocycles. The summed E-state index contributed by atoms with van der Waals surface area (Å²) < 4.78 is 11.1. The lowest BCUT2D eigenvalue weighted by atomic mass is 9.90. The van der Waals surface area contributed by atoms with Crippen molar-refractivity contribution in [1.82, 2.24) is 10.1 Å². The highest BCUT2D eigenvalue weighted by Crippen LogP contribution is 2.27. The fraction of sp³-hybridized carbons (Fsp3) is 0.474. The highest BCUT2D eigenvalue weighted by Gasteiger charge is 2.41. The molecule has 1 aliphatic heterocycles. The van der Waals surface area contributed by atoms with Gasteiger partial charge in [0.15, 0.2) is 0 Å². The molecule has 0 radical (unpaired) electrons. The average Bonchev–Trinajstić information content (AvgIpc) is 2.89. The van der Waals surface area contributed by atoms with Crippen molar-refractivity contribution in [3.05, 3.63) is 47.3 Å². The van der Waals surface area contributed by atoms with Crippen molar-refractivity contribution in [1.29, 1.82) is 0 Å². The summed E-state index contributed by atoms with van der Waals surface area (Å²) in [6.45, 7) is 6.26. The topological polar surface area (TPSA) is 75.8 Å². The van der Waals surface area contributed by atoms with Gasteiger partial charge < -0.3 is 19.3 Å². The van der Waals surface area contributed by atoms with E-state index in [1.165, 1.54) is 0 Å². The van der Waals surface area contributed by atoms with Crippen LogP contribution in [0.2, 0.25) is 0 Å². The van der Waals surface area contributed by atoms with Crippen molar-refractivity contribution in [2.45, 2.75) is 45.3 Å². The first-order valence-electron chi connectivity index (χ1n) is 8.50. The second-order valence-corrected chi connectivity index (χ2v) is 6.85. The van der Waals surface area contributed by atoms with E-state index >= 15 is 0 Å². The van der Waals surface area contributed by atoms with E-state index in [-0.39, 0.29) is 12.3 Å². The van der Waals surface area contributed by atoms with E-state index in [0.717, 1.165) is 11.3 Å². The Labute approximate surface area is 147 Å². The van der Waals surface area contributed by atoms with E-state index in [4.69, 9.17) is 9.26 Å².